The Morgan fingerprint density at radius 3 is 2.78 bits per heavy atom. The summed E-state index contributed by atoms with van der Waals surface area (Å²) in [5.74, 6) is 0.553. The first-order valence-corrected chi connectivity index (χ1v) is 7.07. The second-order valence-corrected chi connectivity index (χ2v) is 6.61. The number of nitrogens with one attached hydrogen (secondary N) is 1. The molecular formula is C16H23NO. The third-order valence-electron chi connectivity index (χ3n) is 4.49. The van der Waals surface area contributed by atoms with E-state index in [-0.39, 0.29) is 11.5 Å². The topological polar surface area (TPSA) is 32.3 Å². The zero-order valence-corrected chi connectivity index (χ0v) is 11.3. The van der Waals surface area contributed by atoms with Crippen LogP contribution in [0.25, 0.3) is 0 Å². The molecule has 1 aromatic rings. The summed E-state index contributed by atoms with van der Waals surface area (Å²) in [5.41, 5.74) is 3.12. The maximum Gasteiger partial charge on any atom is 0.0692 e. The van der Waals surface area contributed by atoms with Gasteiger partial charge in [0.1, 0.15) is 0 Å². The molecule has 0 amide bonds. The van der Waals surface area contributed by atoms with Crippen LogP contribution < -0.4 is 5.32 Å². The van der Waals surface area contributed by atoms with Gasteiger partial charge in [0.05, 0.1) is 6.10 Å². The molecule has 98 valence electrons. The van der Waals surface area contributed by atoms with Gasteiger partial charge in [-0.1, -0.05) is 38.1 Å². The van der Waals surface area contributed by atoms with E-state index >= 15 is 0 Å². The van der Waals surface area contributed by atoms with Gasteiger partial charge in [-0.15, -0.1) is 0 Å². The second-order valence-electron chi connectivity index (χ2n) is 6.61. The number of hydrogen-bond acceptors (Lipinski definition) is 2. The summed E-state index contributed by atoms with van der Waals surface area (Å²) in [6.45, 7) is 5.36. The van der Waals surface area contributed by atoms with Gasteiger partial charge in [0.2, 0.25) is 0 Å². The summed E-state index contributed by atoms with van der Waals surface area (Å²) in [4.78, 5) is 0. The van der Waals surface area contributed by atoms with E-state index < -0.39 is 0 Å². The third kappa shape index (κ3) is 2.19. The van der Waals surface area contributed by atoms with Crippen molar-refractivity contribution >= 4 is 0 Å². The zero-order chi connectivity index (χ0) is 12.8. The van der Waals surface area contributed by atoms with Crippen LogP contribution in [0.15, 0.2) is 24.3 Å². The van der Waals surface area contributed by atoms with Crippen LogP contribution in [0.4, 0.5) is 0 Å². The Bertz CT molecular complexity index is 436. The third-order valence-corrected chi connectivity index (χ3v) is 4.49. The van der Waals surface area contributed by atoms with Gasteiger partial charge in [-0.3, -0.25) is 0 Å². The van der Waals surface area contributed by atoms with Gasteiger partial charge in [-0.2, -0.15) is 0 Å². The van der Waals surface area contributed by atoms with E-state index in [2.05, 4.69) is 43.4 Å². The number of rotatable bonds is 4. The molecule has 2 N–H and O–H groups in total. The Kier molecular flexibility index (Phi) is 2.95. The molecule has 0 heterocycles. The van der Waals surface area contributed by atoms with E-state index in [0.29, 0.717) is 12.0 Å². The van der Waals surface area contributed by atoms with Gasteiger partial charge in [0.15, 0.2) is 0 Å². The molecule has 2 aliphatic carbocycles. The normalized spacial score (nSPS) is 26.9. The van der Waals surface area contributed by atoms with Crippen LogP contribution in [0.3, 0.4) is 0 Å². The SMILES string of the molecule is CC1(C)Cc2ccccc2C1NCC(O)C1CC1. The lowest BCUT2D eigenvalue weighted by Crippen LogP contribution is -2.36. The zero-order valence-electron chi connectivity index (χ0n) is 11.3. The Balaban J connectivity index is 1.73. The number of fused-ring (bicyclic) bond motifs is 1. The Morgan fingerprint density at radius 1 is 1.33 bits per heavy atom. The quantitative estimate of drug-likeness (QED) is 0.855. The summed E-state index contributed by atoms with van der Waals surface area (Å²) < 4.78 is 0. The van der Waals surface area contributed by atoms with Gasteiger partial charge in [0.25, 0.3) is 0 Å². The van der Waals surface area contributed by atoms with Crippen molar-refractivity contribution < 1.29 is 5.11 Å². The smallest absolute Gasteiger partial charge is 0.0692 e. The largest absolute Gasteiger partial charge is 0.392 e. The number of hydrogen-bond donors (Lipinski definition) is 2. The molecule has 0 spiro atoms. The highest BCUT2D eigenvalue weighted by molar-refractivity contribution is 5.37. The van der Waals surface area contributed by atoms with E-state index in [1.54, 1.807) is 0 Å². The summed E-state index contributed by atoms with van der Waals surface area (Å²) in [7, 11) is 0. The van der Waals surface area contributed by atoms with Gasteiger partial charge in [0, 0.05) is 12.6 Å². The standard InChI is InChI=1S/C16H23NO/c1-16(2)9-12-5-3-4-6-13(12)15(16)17-10-14(18)11-7-8-11/h3-6,11,14-15,17-18H,7-10H2,1-2H3. The summed E-state index contributed by atoms with van der Waals surface area (Å²) in [6, 6.07) is 9.08. The van der Waals surface area contributed by atoms with Crippen molar-refractivity contribution in [1.82, 2.24) is 5.32 Å². The highest BCUT2D eigenvalue weighted by Gasteiger charge is 2.39. The minimum atomic E-state index is -0.159. The molecule has 2 heteroatoms. The van der Waals surface area contributed by atoms with Crippen LogP contribution in [0.1, 0.15) is 43.9 Å². The maximum absolute atomic E-state index is 10.0. The maximum atomic E-state index is 10.0. The Hall–Kier alpha value is -0.860. The van der Waals surface area contributed by atoms with Crippen molar-refractivity contribution in [2.45, 2.75) is 45.3 Å². The fourth-order valence-corrected chi connectivity index (χ4v) is 3.26. The lowest BCUT2D eigenvalue weighted by Gasteiger charge is -2.29. The molecule has 2 nitrogen and oxygen atoms in total. The van der Waals surface area contributed by atoms with E-state index in [1.807, 2.05) is 0 Å². The van der Waals surface area contributed by atoms with Crippen LogP contribution in [-0.2, 0) is 6.42 Å². The molecule has 2 unspecified atom stereocenters. The van der Waals surface area contributed by atoms with E-state index in [1.165, 1.54) is 24.0 Å². The molecule has 1 fully saturated rings. The van der Waals surface area contributed by atoms with Gasteiger partial charge >= 0.3 is 0 Å². The van der Waals surface area contributed by atoms with Crippen LogP contribution >= 0.6 is 0 Å². The number of aliphatic hydroxyl groups is 1. The van der Waals surface area contributed by atoms with Crippen molar-refractivity contribution in [1.29, 1.82) is 0 Å². The van der Waals surface area contributed by atoms with Crippen LogP contribution in [0.5, 0.6) is 0 Å². The van der Waals surface area contributed by atoms with Gasteiger partial charge in [-0.25, -0.2) is 0 Å². The van der Waals surface area contributed by atoms with Crippen molar-refractivity contribution in [2.24, 2.45) is 11.3 Å². The molecule has 3 rings (SSSR count). The first-order valence-electron chi connectivity index (χ1n) is 7.07. The molecule has 0 radical (unpaired) electrons. The van der Waals surface area contributed by atoms with Crippen molar-refractivity contribution in [3.8, 4) is 0 Å². The summed E-state index contributed by atoms with van der Waals surface area (Å²) >= 11 is 0. The van der Waals surface area contributed by atoms with Crippen LogP contribution in [0.2, 0.25) is 0 Å². The fraction of sp³-hybridized carbons (Fsp3) is 0.625. The molecule has 2 aliphatic rings. The van der Waals surface area contributed by atoms with Crippen molar-refractivity contribution in [3.63, 3.8) is 0 Å². The number of benzene rings is 1. The molecular weight excluding hydrogens is 222 g/mol. The molecule has 0 saturated heterocycles. The first-order chi connectivity index (χ1) is 8.58. The predicted molar refractivity (Wildman–Crippen MR) is 73.4 cm³/mol. The monoisotopic (exact) mass is 245 g/mol. The van der Waals surface area contributed by atoms with Crippen LogP contribution in [-0.4, -0.2) is 17.8 Å². The molecule has 18 heavy (non-hydrogen) atoms. The fourth-order valence-electron chi connectivity index (χ4n) is 3.26. The predicted octanol–water partition coefficient (Wildman–Crippen LogP) is 2.67. The Labute approximate surface area is 109 Å². The molecule has 1 saturated carbocycles. The van der Waals surface area contributed by atoms with Crippen LogP contribution in [0, 0.1) is 11.3 Å². The second kappa shape index (κ2) is 4.36. The molecule has 0 aliphatic heterocycles. The lowest BCUT2D eigenvalue weighted by molar-refractivity contribution is 0.134. The molecule has 2 atom stereocenters. The highest BCUT2D eigenvalue weighted by Crippen LogP contribution is 2.45. The summed E-state index contributed by atoms with van der Waals surface area (Å²) in [5, 5.41) is 13.6. The minimum absolute atomic E-state index is 0.159. The highest BCUT2D eigenvalue weighted by atomic mass is 16.3. The average molecular weight is 245 g/mol. The Morgan fingerprint density at radius 2 is 2.06 bits per heavy atom. The van der Waals surface area contributed by atoms with E-state index in [0.717, 1.165) is 13.0 Å². The average Bonchev–Trinajstić information content (AvgIpc) is 3.11. The lowest BCUT2D eigenvalue weighted by atomic mass is 9.85. The molecule has 1 aromatic carbocycles. The van der Waals surface area contributed by atoms with E-state index in [4.69, 9.17) is 0 Å². The minimum Gasteiger partial charge on any atom is -0.392 e. The van der Waals surface area contributed by atoms with E-state index in [9.17, 15) is 5.11 Å². The first kappa shape index (κ1) is 12.2. The van der Waals surface area contributed by atoms with Crippen molar-refractivity contribution in [2.75, 3.05) is 6.54 Å². The van der Waals surface area contributed by atoms with Crippen molar-refractivity contribution in [3.05, 3.63) is 35.4 Å². The molecule has 0 aromatic heterocycles. The van der Waals surface area contributed by atoms with Gasteiger partial charge in [-0.05, 0) is 41.7 Å². The number of aliphatic hydroxyl groups excluding tert-OH is 1. The summed E-state index contributed by atoms with van der Waals surface area (Å²) in [6.07, 6.45) is 3.37. The van der Waals surface area contributed by atoms with Gasteiger partial charge < -0.3 is 10.4 Å². The molecule has 0 bridgehead atoms.